The van der Waals surface area contributed by atoms with E-state index in [4.69, 9.17) is 4.74 Å². The molecule has 37 heavy (non-hydrogen) atoms. The molecule has 0 aliphatic rings. The lowest BCUT2D eigenvalue weighted by Gasteiger charge is -2.08. The molecule has 0 saturated carbocycles. The van der Waals surface area contributed by atoms with Gasteiger partial charge >= 0.3 is 0 Å². The van der Waals surface area contributed by atoms with Gasteiger partial charge in [0.2, 0.25) is 11.4 Å². The minimum absolute atomic E-state index is 0.00915. The maximum Gasteiger partial charge on any atom is 0.228 e. The number of carbonyl (C=O) groups is 1. The van der Waals surface area contributed by atoms with Gasteiger partial charge in [-0.15, -0.1) is 0 Å². The molecule has 0 radical (unpaired) electrons. The lowest BCUT2D eigenvalue weighted by atomic mass is 10.1. The van der Waals surface area contributed by atoms with Gasteiger partial charge in [-0.25, -0.2) is 0 Å². The van der Waals surface area contributed by atoms with Gasteiger partial charge in [-0.2, -0.15) is 4.57 Å². The first-order valence-corrected chi connectivity index (χ1v) is 15.2. The summed E-state index contributed by atoms with van der Waals surface area (Å²) in [5.74, 6) is 0.872. The van der Waals surface area contributed by atoms with Gasteiger partial charge in [0.1, 0.15) is 5.75 Å². The number of hydrogen-bond donors (Lipinski definition) is 1. The fraction of sp³-hybridized carbons (Fsp3) is 0.500. The van der Waals surface area contributed by atoms with Gasteiger partial charge in [0.15, 0.2) is 12.7 Å². The van der Waals surface area contributed by atoms with Gasteiger partial charge in [-0.1, -0.05) is 113 Å². The average Bonchev–Trinajstić information content (AvgIpc) is 3.42. The van der Waals surface area contributed by atoms with Crippen LogP contribution in [0.1, 0.15) is 95.1 Å². The van der Waals surface area contributed by atoms with Gasteiger partial charge in [0, 0.05) is 11.3 Å². The van der Waals surface area contributed by atoms with E-state index in [0.29, 0.717) is 6.42 Å². The third kappa shape index (κ3) is 12.4. The summed E-state index contributed by atoms with van der Waals surface area (Å²) in [6.07, 6.45) is 18.6. The highest BCUT2D eigenvalue weighted by Crippen LogP contribution is 2.16. The summed E-state index contributed by atoms with van der Waals surface area (Å²) in [7, 11) is 0. The van der Waals surface area contributed by atoms with Gasteiger partial charge in [-0.05, 0) is 36.2 Å². The minimum Gasteiger partial charge on any atom is -0.494 e. The van der Waals surface area contributed by atoms with Crippen molar-refractivity contribution >= 4 is 22.9 Å². The molecule has 1 heterocycles. The van der Waals surface area contributed by atoms with Crippen molar-refractivity contribution in [2.45, 2.75) is 96.9 Å². The van der Waals surface area contributed by atoms with Crippen LogP contribution in [0.2, 0.25) is 0 Å². The van der Waals surface area contributed by atoms with E-state index >= 15 is 0 Å². The minimum atomic E-state index is -0.00915. The smallest absolute Gasteiger partial charge is 0.228 e. The van der Waals surface area contributed by atoms with Crippen LogP contribution in [0.5, 0.6) is 5.75 Å². The molecule has 2 aromatic carbocycles. The number of carbonyl (C=O) groups excluding carboxylic acids is 1. The van der Waals surface area contributed by atoms with Gasteiger partial charge < -0.3 is 10.1 Å². The first-order chi connectivity index (χ1) is 18.2. The van der Waals surface area contributed by atoms with E-state index in [0.717, 1.165) is 36.6 Å². The first-order valence-electron chi connectivity index (χ1n) is 14.2. The fourth-order valence-electron chi connectivity index (χ4n) is 4.48. The summed E-state index contributed by atoms with van der Waals surface area (Å²) in [5, 5.41) is 5.06. The summed E-state index contributed by atoms with van der Waals surface area (Å²) < 4.78 is 8.04. The number of nitrogens with zero attached hydrogens (tertiary/aromatic N) is 1. The standard InChI is InChI=1S/C32H44N2O2S/c1-2-3-4-5-6-7-8-9-10-11-12-13-23-36-31-20-16-28(17-21-31)25-32(35)33-30-18-14-29(15-19-30)26-34-22-24-37-27-34/h14-22,24,27H,2-13,23,25-26H2,1H3/p+1. The van der Waals surface area contributed by atoms with Crippen LogP contribution in [0, 0.1) is 0 Å². The van der Waals surface area contributed by atoms with Crippen LogP contribution in [0.25, 0.3) is 0 Å². The molecule has 0 aliphatic carbocycles. The van der Waals surface area contributed by atoms with Crippen LogP contribution >= 0.6 is 11.3 Å². The first kappa shape index (κ1) is 28.9. The van der Waals surface area contributed by atoms with Gasteiger partial charge in [0.25, 0.3) is 0 Å². The molecule has 3 rings (SSSR count). The Bertz CT molecular complexity index is 985. The molecule has 0 bridgehead atoms. The van der Waals surface area contributed by atoms with Crippen LogP contribution in [-0.4, -0.2) is 12.5 Å². The largest absolute Gasteiger partial charge is 0.494 e. The molecule has 200 valence electrons. The van der Waals surface area contributed by atoms with Crippen LogP contribution in [-0.2, 0) is 17.8 Å². The molecule has 4 nitrogen and oxygen atoms in total. The highest BCUT2D eigenvalue weighted by Gasteiger charge is 2.07. The summed E-state index contributed by atoms with van der Waals surface area (Å²) >= 11 is 1.68. The molecule has 3 aromatic rings. The van der Waals surface area contributed by atoms with Crippen molar-refractivity contribution in [2.24, 2.45) is 0 Å². The van der Waals surface area contributed by atoms with E-state index < -0.39 is 0 Å². The second-order valence-corrected chi connectivity index (χ2v) is 10.8. The highest BCUT2D eigenvalue weighted by atomic mass is 32.1. The monoisotopic (exact) mass is 521 g/mol. The lowest BCUT2D eigenvalue weighted by Crippen LogP contribution is -2.30. The van der Waals surface area contributed by atoms with E-state index in [1.165, 1.54) is 76.2 Å². The molecule has 0 spiro atoms. The van der Waals surface area contributed by atoms with Gasteiger partial charge in [0.05, 0.1) is 18.4 Å². The number of aromatic nitrogens is 1. The Labute approximate surface area is 228 Å². The van der Waals surface area contributed by atoms with Crippen molar-refractivity contribution in [3.63, 3.8) is 0 Å². The number of amides is 1. The van der Waals surface area contributed by atoms with Crippen molar-refractivity contribution in [3.05, 3.63) is 76.7 Å². The van der Waals surface area contributed by atoms with E-state index in [-0.39, 0.29) is 5.91 Å². The Morgan fingerprint density at radius 3 is 1.97 bits per heavy atom. The van der Waals surface area contributed by atoms with Crippen LogP contribution in [0.3, 0.4) is 0 Å². The molecule has 0 atom stereocenters. The number of unbranched alkanes of at least 4 members (excludes halogenated alkanes) is 11. The van der Waals surface area contributed by atoms with Crippen molar-refractivity contribution < 1.29 is 14.1 Å². The van der Waals surface area contributed by atoms with Crippen molar-refractivity contribution in [3.8, 4) is 5.75 Å². The topological polar surface area (TPSA) is 42.2 Å². The van der Waals surface area contributed by atoms with E-state index in [1.807, 2.05) is 36.4 Å². The quantitative estimate of drug-likeness (QED) is 0.127. The highest BCUT2D eigenvalue weighted by molar-refractivity contribution is 7.07. The predicted octanol–water partition coefficient (Wildman–Crippen LogP) is 8.35. The number of nitrogens with one attached hydrogen (secondary N) is 1. The fourth-order valence-corrected chi connectivity index (χ4v) is 5.08. The molecule has 0 saturated heterocycles. The maximum absolute atomic E-state index is 12.5. The zero-order valence-electron chi connectivity index (χ0n) is 22.6. The Kier molecular flexibility index (Phi) is 13.9. The normalized spacial score (nSPS) is 10.9. The third-order valence-electron chi connectivity index (χ3n) is 6.68. The number of thiazole rings is 1. The van der Waals surface area contributed by atoms with Crippen molar-refractivity contribution in [1.82, 2.24) is 0 Å². The second kappa shape index (κ2) is 17.7. The maximum atomic E-state index is 12.5. The molecule has 5 heteroatoms. The van der Waals surface area contributed by atoms with Crippen LogP contribution < -0.4 is 14.6 Å². The molecule has 1 amide bonds. The lowest BCUT2D eigenvalue weighted by molar-refractivity contribution is -0.683. The summed E-state index contributed by atoms with van der Waals surface area (Å²) in [6.45, 7) is 3.88. The Morgan fingerprint density at radius 1 is 0.784 bits per heavy atom. The SMILES string of the molecule is CCCCCCCCCCCCCCOc1ccc(CC(=O)Nc2ccc(C[n+]3ccsc3)cc2)cc1. The molecule has 0 aliphatic heterocycles. The van der Waals surface area contributed by atoms with Crippen molar-refractivity contribution in [2.75, 3.05) is 11.9 Å². The summed E-state index contributed by atoms with van der Waals surface area (Å²) in [5.41, 5.74) is 5.11. The second-order valence-electron chi connectivity index (χ2n) is 10.0. The van der Waals surface area contributed by atoms with E-state index in [1.54, 1.807) is 11.3 Å². The third-order valence-corrected chi connectivity index (χ3v) is 7.36. The number of anilines is 1. The molecular formula is C32H45N2O2S+. The number of rotatable bonds is 19. The Hall–Kier alpha value is -2.66. The number of hydrogen-bond acceptors (Lipinski definition) is 3. The predicted molar refractivity (Wildman–Crippen MR) is 155 cm³/mol. The Morgan fingerprint density at radius 2 is 1.38 bits per heavy atom. The molecule has 1 N–H and O–H groups in total. The molecule has 0 unspecified atom stereocenters. The zero-order valence-corrected chi connectivity index (χ0v) is 23.4. The zero-order chi connectivity index (χ0) is 26.0. The molecule has 1 aromatic heterocycles. The number of benzene rings is 2. The molecule has 0 fully saturated rings. The van der Waals surface area contributed by atoms with Crippen LogP contribution in [0.15, 0.2) is 65.6 Å². The number of ether oxygens (including phenoxy) is 1. The summed E-state index contributed by atoms with van der Waals surface area (Å²) in [6, 6.07) is 16.0. The average molecular weight is 522 g/mol. The van der Waals surface area contributed by atoms with Crippen LogP contribution in [0.4, 0.5) is 5.69 Å². The van der Waals surface area contributed by atoms with Gasteiger partial charge in [-0.3, -0.25) is 4.79 Å². The van der Waals surface area contributed by atoms with Crippen molar-refractivity contribution in [1.29, 1.82) is 0 Å². The molecular weight excluding hydrogens is 476 g/mol. The summed E-state index contributed by atoms with van der Waals surface area (Å²) in [4.78, 5) is 12.5. The van der Waals surface area contributed by atoms with E-state index in [9.17, 15) is 4.79 Å². The van der Waals surface area contributed by atoms with E-state index in [2.05, 4.69) is 46.0 Å². The Balaban J connectivity index is 1.22.